The third-order valence-corrected chi connectivity index (χ3v) is 2.64. The van der Waals surface area contributed by atoms with Gasteiger partial charge in [0, 0.05) is 11.8 Å². The molecule has 0 saturated carbocycles. The van der Waals surface area contributed by atoms with E-state index in [0.717, 1.165) is 23.7 Å². The predicted octanol–water partition coefficient (Wildman–Crippen LogP) is 3.61. The minimum absolute atomic E-state index is 0.146. The first-order valence-electron chi connectivity index (χ1n) is 5.70. The van der Waals surface area contributed by atoms with Gasteiger partial charge in [-0.25, -0.2) is 4.98 Å². The molecule has 0 saturated heterocycles. The van der Waals surface area contributed by atoms with E-state index in [-0.39, 0.29) is 5.78 Å². The van der Waals surface area contributed by atoms with Gasteiger partial charge in [-0.05, 0) is 18.6 Å². The SMILES string of the molecule is CCCCC(=O)c1ccc2ccccc2n1. The Balaban J connectivity index is 2.28. The van der Waals surface area contributed by atoms with Gasteiger partial charge in [0.2, 0.25) is 0 Å². The summed E-state index contributed by atoms with van der Waals surface area (Å²) < 4.78 is 0. The Morgan fingerprint density at radius 1 is 1.19 bits per heavy atom. The van der Waals surface area contributed by atoms with Crippen LogP contribution in [0.5, 0.6) is 0 Å². The highest BCUT2D eigenvalue weighted by Gasteiger charge is 2.06. The summed E-state index contributed by atoms with van der Waals surface area (Å²) in [5.74, 6) is 0.146. The number of carbonyl (C=O) groups excluding carboxylic acids is 1. The zero-order chi connectivity index (χ0) is 11.4. The van der Waals surface area contributed by atoms with Gasteiger partial charge in [-0.15, -0.1) is 0 Å². The second-order valence-corrected chi connectivity index (χ2v) is 3.92. The summed E-state index contributed by atoms with van der Waals surface area (Å²) in [7, 11) is 0. The summed E-state index contributed by atoms with van der Waals surface area (Å²) in [6, 6.07) is 11.6. The smallest absolute Gasteiger partial charge is 0.181 e. The maximum atomic E-state index is 11.8. The number of unbranched alkanes of at least 4 members (excludes halogenated alkanes) is 1. The Morgan fingerprint density at radius 3 is 2.81 bits per heavy atom. The van der Waals surface area contributed by atoms with E-state index in [1.807, 2.05) is 36.4 Å². The zero-order valence-corrected chi connectivity index (χ0v) is 9.44. The Hall–Kier alpha value is -1.70. The van der Waals surface area contributed by atoms with Crippen LogP contribution in [0.25, 0.3) is 10.9 Å². The number of hydrogen-bond acceptors (Lipinski definition) is 2. The molecule has 1 aromatic heterocycles. The lowest BCUT2D eigenvalue weighted by molar-refractivity contribution is 0.0975. The number of para-hydroxylation sites is 1. The van der Waals surface area contributed by atoms with Crippen molar-refractivity contribution >= 4 is 16.7 Å². The van der Waals surface area contributed by atoms with Crippen LogP contribution in [0.1, 0.15) is 36.7 Å². The second kappa shape index (κ2) is 4.88. The monoisotopic (exact) mass is 213 g/mol. The lowest BCUT2D eigenvalue weighted by atomic mass is 10.1. The lowest BCUT2D eigenvalue weighted by Crippen LogP contribution is -2.01. The summed E-state index contributed by atoms with van der Waals surface area (Å²) in [5, 5.41) is 1.08. The minimum Gasteiger partial charge on any atom is -0.292 e. The molecule has 0 N–H and O–H groups in total. The van der Waals surface area contributed by atoms with Crippen molar-refractivity contribution in [1.82, 2.24) is 4.98 Å². The van der Waals surface area contributed by atoms with Crippen LogP contribution in [0, 0.1) is 0 Å². The first-order valence-corrected chi connectivity index (χ1v) is 5.70. The number of benzene rings is 1. The van der Waals surface area contributed by atoms with Crippen LogP contribution in [0.2, 0.25) is 0 Å². The molecule has 16 heavy (non-hydrogen) atoms. The van der Waals surface area contributed by atoms with Crippen molar-refractivity contribution in [2.24, 2.45) is 0 Å². The first kappa shape index (κ1) is 10.8. The molecule has 0 aliphatic rings. The van der Waals surface area contributed by atoms with Gasteiger partial charge >= 0.3 is 0 Å². The average molecular weight is 213 g/mol. The van der Waals surface area contributed by atoms with Crippen molar-refractivity contribution in [3.05, 3.63) is 42.1 Å². The molecule has 0 fully saturated rings. The third-order valence-electron chi connectivity index (χ3n) is 2.64. The van der Waals surface area contributed by atoms with Crippen LogP contribution in [-0.4, -0.2) is 10.8 Å². The highest BCUT2D eigenvalue weighted by molar-refractivity contribution is 5.96. The largest absolute Gasteiger partial charge is 0.292 e. The number of nitrogens with zero attached hydrogens (tertiary/aromatic N) is 1. The van der Waals surface area contributed by atoms with E-state index < -0.39 is 0 Å². The quantitative estimate of drug-likeness (QED) is 0.726. The number of ketones is 1. The molecule has 0 atom stereocenters. The van der Waals surface area contributed by atoms with E-state index in [1.54, 1.807) is 0 Å². The Bertz CT molecular complexity index is 505. The number of carbonyl (C=O) groups is 1. The summed E-state index contributed by atoms with van der Waals surface area (Å²) in [6.45, 7) is 2.08. The van der Waals surface area contributed by atoms with Crippen molar-refractivity contribution < 1.29 is 4.79 Å². The molecule has 82 valence electrons. The van der Waals surface area contributed by atoms with Crippen LogP contribution >= 0.6 is 0 Å². The van der Waals surface area contributed by atoms with E-state index in [1.165, 1.54) is 0 Å². The van der Waals surface area contributed by atoms with Crippen LogP contribution in [0.3, 0.4) is 0 Å². The highest BCUT2D eigenvalue weighted by atomic mass is 16.1. The number of Topliss-reactive ketones (excluding diaryl/α,β-unsaturated/α-hetero) is 1. The van der Waals surface area contributed by atoms with Gasteiger partial charge in [-0.1, -0.05) is 37.6 Å². The highest BCUT2D eigenvalue weighted by Crippen LogP contribution is 2.13. The van der Waals surface area contributed by atoms with E-state index in [4.69, 9.17) is 0 Å². The maximum Gasteiger partial charge on any atom is 0.181 e. The van der Waals surface area contributed by atoms with Crippen molar-refractivity contribution in [2.45, 2.75) is 26.2 Å². The van der Waals surface area contributed by atoms with Gasteiger partial charge in [0.1, 0.15) is 5.69 Å². The van der Waals surface area contributed by atoms with Crippen molar-refractivity contribution in [1.29, 1.82) is 0 Å². The van der Waals surface area contributed by atoms with Crippen molar-refractivity contribution in [3.8, 4) is 0 Å². The molecule has 0 unspecified atom stereocenters. The summed E-state index contributed by atoms with van der Waals surface area (Å²) in [5.41, 5.74) is 1.48. The molecule has 0 aliphatic heterocycles. The van der Waals surface area contributed by atoms with Gasteiger partial charge in [0.25, 0.3) is 0 Å². The first-order chi connectivity index (χ1) is 7.81. The third kappa shape index (κ3) is 2.27. The minimum atomic E-state index is 0.146. The molecule has 1 aromatic carbocycles. The molecule has 0 aliphatic carbocycles. The standard InChI is InChI=1S/C14H15NO/c1-2-3-8-14(16)13-10-9-11-6-4-5-7-12(11)15-13/h4-7,9-10H,2-3,8H2,1H3. The number of fused-ring (bicyclic) bond motifs is 1. The van der Waals surface area contributed by atoms with Crippen LogP contribution in [0.15, 0.2) is 36.4 Å². The van der Waals surface area contributed by atoms with Crippen molar-refractivity contribution in [3.63, 3.8) is 0 Å². The topological polar surface area (TPSA) is 30.0 Å². The molecular formula is C14H15NO. The summed E-state index contributed by atoms with van der Waals surface area (Å²) >= 11 is 0. The molecule has 2 aromatic rings. The Kier molecular flexibility index (Phi) is 3.30. The number of aromatic nitrogens is 1. The van der Waals surface area contributed by atoms with E-state index >= 15 is 0 Å². The van der Waals surface area contributed by atoms with Gasteiger partial charge < -0.3 is 0 Å². The van der Waals surface area contributed by atoms with Crippen LogP contribution < -0.4 is 0 Å². The average Bonchev–Trinajstić information content (AvgIpc) is 2.35. The molecule has 0 radical (unpaired) electrons. The zero-order valence-electron chi connectivity index (χ0n) is 9.44. The van der Waals surface area contributed by atoms with Crippen LogP contribution in [-0.2, 0) is 0 Å². The van der Waals surface area contributed by atoms with Crippen LogP contribution in [0.4, 0.5) is 0 Å². The van der Waals surface area contributed by atoms with E-state index in [2.05, 4.69) is 11.9 Å². The molecule has 0 spiro atoms. The summed E-state index contributed by atoms with van der Waals surface area (Å²) in [4.78, 5) is 16.2. The normalized spacial score (nSPS) is 10.6. The Morgan fingerprint density at radius 2 is 2.00 bits per heavy atom. The lowest BCUT2D eigenvalue weighted by Gasteiger charge is -2.01. The molecule has 2 rings (SSSR count). The molecule has 1 heterocycles. The van der Waals surface area contributed by atoms with Gasteiger partial charge in [-0.2, -0.15) is 0 Å². The van der Waals surface area contributed by atoms with Gasteiger partial charge in [0.05, 0.1) is 5.52 Å². The fourth-order valence-electron chi connectivity index (χ4n) is 1.69. The molecular weight excluding hydrogens is 198 g/mol. The molecule has 2 heteroatoms. The van der Waals surface area contributed by atoms with E-state index in [0.29, 0.717) is 12.1 Å². The summed E-state index contributed by atoms with van der Waals surface area (Å²) in [6.07, 6.45) is 2.58. The number of pyridine rings is 1. The molecule has 0 bridgehead atoms. The number of hydrogen-bond donors (Lipinski definition) is 0. The molecule has 2 nitrogen and oxygen atoms in total. The van der Waals surface area contributed by atoms with Gasteiger partial charge in [-0.3, -0.25) is 4.79 Å². The Labute approximate surface area is 95.3 Å². The van der Waals surface area contributed by atoms with Gasteiger partial charge in [0.15, 0.2) is 5.78 Å². The number of rotatable bonds is 4. The predicted molar refractivity (Wildman–Crippen MR) is 65.6 cm³/mol. The fraction of sp³-hybridized carbons (Fsp3) is 0.286. The molecule has 0 amide bonds. The second-order valence-electron chi connectivity index (χ2n) is 3.92. The van der Waals surface area contributed by atoms with Crippen molar-refractivity contribution in [2.75, 3.05) is 0 Å². The van der Waals surface area contributed by atoms with E-state index in [9.17, 15) is 4.79 Å². The maximum absolute atomic E-state index is 11.8. The fourth-order valence-corrected chi connectivity index (χ4v) is 1.69.